The van der Waals surface area contributed by atoms with E-state index in [2.05, 4.69) is 15.9 Å². The van der Waals surface area contributed by atoms with Crippen molar-refractivity contribution in [3.8, 4) is 0 Å². The Hall–Kier alpha value is -2.06. The molecule has 0 saturated carbocycles. The van der Waals surface area contributed by atoms with E-state index in [1.54, 1.807) is 18.2 Å². The SMILES string of the molecule is O=C1N(Cc2ccccc2)c2cc(Cl)cc(Cl)c2S(=O)(=O)N1Cc1ccccc1Br. The van der Waals surface area contributed by atoms with Crippen LogP contribution in [0.4, 0.5) is 10.5 Å². The van der Waals surface area contributed by atoms with Gasteiger partial charge in [-0.25, -0.2) is 17.5 Å². The molecule has 0 spiro atoms. The monoisotopic (exact) mass is 524 g/mol. The Bertz CT molecular complexity index is 1240. The van der Waals surface area contributed by atoms with Crippen LogP contribution >= 0.6 is 39.1 Å². The number of anilines is 1. The molecule has 1 aliphatic rings. The van der Waals surface area contributed by atoms with Gasteiger partial charge in [0.2, 0.25) is 0 Å². The summed E-state index contributed by atoms with van der Waals surface area (Å²) in [6.07, 6.45) is 0. The van der Waals surface area contributed by atoms with E-state index in [-0.39, 0.29) is 33.7 Å². The van der Waals surface area contributed by atoms with Crippen molar-refractivity contribution in [1.82, 2.24) is 4.31 Å². The molecule has 3 aromatic carbocycles. The lowest BCUT2D eigenvalue weighted by molar-refractivity contribution is 0.226. The summed E-state index contributed by atoms with van der Waals surface area (Å²) in [4.78, 5) is 14.7. The Morgan fingerprint density at radius 3 is 2.27 bits per heavy atom. The van der Waals surface area contributed by atoms with Crippen LogP contribution in [-0.4, -0.2) is 18.8 Å². The highest BCUT2D eigenvalue weighted by molar-refractivity contribution is 9.10. The van der Waals surface area contributed by atoms with Gasteiger partial charge in [-0.3, -0.25) is 4.90 Å². The van der Waals surface area contributed by atoms with Crippen LogP contribution in [0.15, 0.2) is 76.1 Å². The second kappa shape index (κ2) is 8.23. The Kier molecular flexibility index (Phi) is 5.81. The first-order chi connectivity index (χ1) is 14.3. The van der Waals surface area contributed by atoms with Crippen molar-refractivity contribution in [3.63, 3.8) is 0 Å². The molecule has 0 N–H and O–H groups in total. The second-order valence-corrected chi connectivity index (χ2v) is 10.2. The minimum Gasteiger partial charge on any atom is -0.288 e. The van der Waals surface area contributed by atoms with Gasteiger partial charge in [0.15, 0.2) is 0 Å². The van der Waals surface area contributed by atoms with Crippen molar-refractivity contribution in [1.29, 1.82) is 0 Å². The van der Waals surface area contributed by atoms with Crippen LogP contribution in [0, 0.1) is 0 Å². The van der Waals surface area contributed by atoms with Gasteiger partial charge in [-0.15, -0.1) is 0 Å². The van der Waals surface area contributed by atoms with Crippen LogP contribution in [-0.2, 0) is 23.1 Å². The highest BCUT2D eigenvalue weighted by Gasteiger charge is 2.43. The zero-order chi connectivity index (χ0) is 21.5. The lowest BCUT2D eigenvalue weighted by Crippen LogP contribution is -2.50. The number of nitrogens with zero attached hydrogens (tertiary/aromatic N) is 2. The smallest absolute Gasteiger partial charge is 0.288 e. The minimum atomic E-state index is -4.19. The average molecular weight is 526 g/mol. The van der Waals surface area contributed by atoms with Gasteiger partial charge in [-0.1, -0.05) is 87.7 Å². The molecule has 0 fully saturated rings. The van der Waals surface area contributed by atoms with Crippen molar-refractivity contribution in [2.45, 2.75) is 18.0 Å². The van der Waals surface area contributed by atoms with E-state index in [1.807, 2.05) is 36.4 Å². The van der Waals surface area contributed by atoms with Crippen molar-refractivity contribution >= 4 is 60.9 Å². The first-order valence-corrected chi connectivity index (χ1v) is 11.9. The van der Waals surface area contributed by atoms with Crippen LogP contribution in [0.1, 0.15) is 11.1 Å². The maximum Gasteiger partial charge on any atom is 0.339 e. The number of fused-ring (bicyclic) bond motifs is 1. The first kappa shape index (κ1) is 21.2. The van der Waals surface area contributed by atoms with Crippen LogP contribution in [0.5, 0.6) is 0 Å². The van der Waals surface area contributed by atoms with E-state index in [0.717, 1.165) is 9.87 Å². The van der Waals surface area contributed by atoms with Crippen LogP contribution in [0.2, 0.25) is 10.0 Å². The van der Waals surface area contributed by atoms with Gasteiger partial charge in [-0.05, 0) is 29.3 Å². The number of amides is 2. The number of halogens is 3. The molecule has 4 rings (SSSR count). The lowest BCUT2D eigenvalue weighted by Gasteiger charge is -2.37. The molecular weight excluding hydrogens is 511 g/mol. The van der Waals surface area contributed by atoms with E-state index in [4.69, 9.17) is 23.2 Å². The molecule has 0 bridgehead atoms. The molecule has 1 aliphatic heterocycles. The molecule has 2 amide bonds. The van der Waals surface area contributed by atoms with Gasteiger partial charge >= 0.3 is 6.03 Å². The fraction of sp³-hybridized carbons (Fsp3) is 0.0952. The number of hydrogen-bond donors (Lipinski definition) is 0. The summed E-state index contributed by atoms with van der Waals surface area (Å²) in [6, 6.07) is 18.6. The molecule has 0 saturated heterocycles. The predicted octanol–water partition coefficient (Wildman–Crippen LogP) is 6.09. The van der Waals surface area contributed by atoms with E-state index in [9.17, 15) is 13.2 Å². The van der Waals surface area contributed by atoms with E-state index >= 15 is 0 Å². The van der Waals surface area contributed by atoms with Crippen LogP contribution in [0.3, 0.4) is 0 Å². The number of carbonyl (C=O) groups is 1. The highest BCUT2D eigenvalue weighted by Crippen LogP contribution is 2.42. The zero-order valence-corrected chi connectivity index (χ0v) is 19.3. The third-order valence-electron chi connectivity index (χ3n) is 4.73. The summed E-state index contributed by atoms with van der Waals surface area (Å²) in [5.74, 6) is 0. The third-order valence-corrected chi connectivity index (χ3v) is 7.94. The number of benzene rings is 3. The Morgan fingerprint density at radius 2 is 1.57 bits per heavy atom. The van der Waals surface area contributed by atoms with E-state index < -0.39 is 16.1 Å². The van der Waals surface area contributed by atoms with E-state index in [1.165, 1.54) is 17.0 Å². The van der Waals surface area contributed by atoms with Crippen molar-refractivity contribution in [3.05, 3.63) is 92.4 Å². The molecular formula is C21H15BrCl2N2O3S. The van der Waals surface area contributed by atoms with E-state index in [0.29, 0.717) is 10.0 Å². The first-order valence-electron chi connectivity index (χ1n) is 8.89. The van der Waals surface area contributed by atoms with Crippen molar-refractivity contribution < 1.29 is 13.2 Å². The molecule has 9 heteroatoms. The van der Waals surface area contributed by atoms with Crippen LogP contribution < -0.4 is 4.90 Å². The summed E-state index contributed by atoms with van der Waals surface area (Å²) in [6.45, 7) is 0.0393. The molecule has 0 atom stereocenters. The summed E-state index contributed by atoms with van der Waals surface area (Å²) in [7, 11) is -4.19. The van der Waals surface area contributed by atoms with Gasteiger partial charge in [0.05, 0.1) is 23.8 Å². The summed E-state index contributed by atoms with van der Waals surface area (Å²) >= 11 is 15.9. The quantitative estimate of drug-likeness (QED) is 0.414. The topological polar surface area (TPSA) is 57.7 Å². The third kappa shape index (κ3) is 3.83. The van der Waals surface area contributed by atoms with Gasteiger partial charge in [0.1, 0.15) is 4.90 Å². The second-order valence-electron chi connectivity index (χ2n) is 6.69. The molecule has 0 aliphatic carbocycles. The molecule has 0 radical (unpaired) electrons. The molecule has 154 valence electrons. The van der Waals surface area contributed by atoms with Gasteiger partial charge in [0.25, 0.3) is 10.0 Å². The summed E-state index contributed by atoms with van der Waals surface area (Å²) < 4.78 is 28.3. The number of rotatable bonds is 4. The van der Waals surface area contributed by atoms with Crippen molar-refractivity contribution in [2.75, 3.05) is 4.90 Å². The lowest BCUT2D eigenvalue weighted by atomic mass is 10.2. The number of hydrogen-bond acceptors (Lipinski definition) is 3. The Labute approximate surface area is 193 Å². The highest BCUT2D eigenvalue weighted by atomic mass is 79.9. The summed E-state index contributed by atoms with van der Waals surface area (Å²) in [5, 5.41) is 0.222. The molecule has 0 unspecified atom stereocenters. The maximum absolute atomic E-state index is 13.4. The molecule has 0 aromatic heterocycles. The number of carbonyl (C=O) groups excluding carboxylic acids is 1. The zero-order valence-electron chi connectivity index (χ0n) is 15.4. The number of sulfonamides is 1. The average Bonchev–Trinajstić information content (AvgIpc) is 2.70. The van der Waals surface area contributed by atoms with Gasteiger partial charge in [-0.2, -0.15) is 0 Å². The Balaban J connectivity index is 1.87. The van der Waals surface area contributed by atoms with Crippen LogP contribution in [0.25, 0.3) is 0 Å². The Morgan fingerprint density at radius 1 is 0.900 bits per heavy atom. The normalized spacial score (nSPS) is 15.2. The fourth-order valence-electron chi connectivity index (χ4n) is 3.31. The molecule has 1 heterocycles. The number of urea groups is 1. The molecule has 5 nitrogen and oxygen atoms in total. The minimum absolute atomic E-state index is 0.0276. The van der Waals surface area contributed by atoms with Gasteiger partial charge in [0, 0.05) is 9.50 Å². The van der Waals surface area contributed by atoms with Gasteiger partial charge < -0.3 is 0 Å². The molecule has 30 heavy (non-hydrogen) atoms. The maximum atomic E-state index is 13.4. The molecule has 3 aromatic rings. The predicted molar refractivity (Wildman–Crippen MR) is 121 cm³/mol. The standard InChI is InChI=1S/C21H15BrCl2N2O3S/c22-17-9-5-4-8-15(17)13-26-21(27)25(12-14-6-2-1-3-7-14)19-11-16(23)10-18(24)20(19)30(26,28)29/h1-11H,12-13H2. The largest absolute Gasteiger partial charge is 0.339 e. The summed E-state index contributed by atoms with van der Waals surface area (Å²) in [5.41, 5.74) is 1.67. The fourth-order valence-corrected chi connectivity index (χ4v) is 6.06. The van der Waals surface area contributed by atoms with Crippen molar-refractivity contribution in [2.24, 2.45) is 0 Å².